The maximum Gasteiger partial charge on any atom is 0.269 e. The van der Waals surface area contributed by atoms with Gasteiger partial charge in [0.05, 0.1) is 18.1 Å². The first-order chi connectivity index (χ1) is 8.50. The fourth-order valence-corrected chi connectivity index (χ4v) is 2.05. The molecule has 1 aliphatic rings. The quantitative estimate of drug-likeness (QED) is 0.659. The molecular weight excluding hydrogens is 256 g/mol. The number of ether oxygens (including phenoxy) is 1. The van der Waals surface area contributed by atoms with E-state index in [-0.39, 0.29) is 11.1 Å². The van der Waals surface area contributed by atoms with Crippen LogP contribution >= 0.6 is 11.6 Å². The summed E-state index contributed by atoms with van der Waals surface area (Å²) < 4.78 is 5.16. The monoisotopic (exact) mass is 270 g/mol. The molecule has 2 rings (SSSR count). The van der Waals surface area contributed by atoms with Crippen LogP contribution in [0.2, 0.25) is 5.02 Å². The van der Waals surface area contributed by atoms with E-state index < -0.39 is 4.92 Å². The Kier molecular flexibility index (Phi) is 3.85. The van der Waals surface area contributed by atoms with Crippen LogP contribution in [0.3, 0.4) is 0 Å². The van der Waals surface area contributed by atoms with Gasteiger partial charge in [0, 0.05) is 35.7 Å². The summed E-state index contributed by atoms with van der Waals surface area (Å²) in [6.45, 7) is 4.98. The molecule has 1 aliphatic heterocycles. The Labute approximate surface area is 110 Å². The third-order valence-corrected chi connectivity index (χ3v) is 3.38. The number of rotatable bonds is 5. The minimum Gasteiger partial charge on any atom is -0.380 e. The van der Waals surface area contributed by atoms with Gasteiger partial charge in [-0.25, -0.2) is 0 Å². The maximum absolute atomic E-state index is 10.7. The zero-order valence-electron chi connectivity index (χ0n) is 10.1. The van der Waals surface area contributed by atoms with Gasteiger partial charge in [-0.15, -0.1) is 0 Å². The summed E-state index contributed by atoms with van der Waals surface area (Å²) in [6.07, 6.45) is 0. The maximum atomic E-state index is 10.7. The lowest BCUT2D eigenvalue weighted by molar-refractivity contribution is -0.384. The second kappa shape index (κ2) is 5.22. The Hall–Kier alpha value is -1.17. The van der Waals surface area contributed by atoms with Crippen LogP contribution in [0.25, 0.3) is 0 Å². The van der Waals surface area contributed by atoms with E-state index >= 15 is 0 Å². The summed E-state index contributed by atoms with van der Waals surface area (Å²) in [5.41, 5.74) is 0.983. The van der Waals surface area contributed by atoms with Crippen LogP contribution in [0.15, 0.2) is 18.2 Å². The van der Waals surface area contributed by atoms with Crippen LogP contribution in [-0.2, 0) is 11.3 Å². The average molecular weight is 271 g/mol. The minimum atomic E-state index is -0.416. The second-order valence-electron chi connectivity index (χ2n) is 4.94. The van der Waals surface area contributed by atoms with Gasteiger partial charge in [0.15, 0.2) is 0 Å². The summed E-state index contributed by atoms with van der Waals surface area (Å²) in [5, 5.41) is 14.5. The Balaban J connectivity index is 1.95. The van der Waals surface area contributed by atoms with Gasteiger partial charge in [0.1, 0.15) is 0 Å². The lowest BCUT2D eigenvalue weighted by atomic mass is 9.89. The van der Waals surface area contributed by atoms with Crippen molar-refractivity contribution in [2.45, 2.75) is 13.5 Å². The fourth-order valence-electron chi connectivity index (χ4n) is 1.86. The highest BCUT2D eigenvalue weighted by Gasteiger charge is 2.32. The number of nitrogens with one attached hydrogen (secondary N) is 1. The highest BCUT2D eigenvalue weighted by molar-refractivity contribution is 6.31. The van der Waals surface area contributed by atoms with Crippen LogP contribution in [-0.4, -0.2) is 24.7 Å². The lowest BCUT2D eigenvalue weighted by Crippen LogP contribution is -2.47. The van der Waals surface area contributed by atoms with Crippen LogP contribution in [0.1, 0.15) is 12.5 Å². The standard InChI is InChI=1S/C12H15ClN2O3/c1-12(7-18-8-12)6-14-5-9-4-10(15(16)17)2-3-11(9)13/h2-4,14H,5-8H2,1H3. The molecule has 18 heavy (non-hydrogen) atoms. The highest BCUT2D eigenvalue weighted by atomic mass is 35.5. The van der Waals surface area contributed by atoms with Crippen LogP contribution < -0.4 is 5.32 Å². The van der Waals surface area contributed by atoms with E-state index in [2.05, 4.69) is 12.2 Å². The molecule has 6 heteroatoms. The van der Waals surface area contributed by atoms with E-state index in [0.717, 1.165) is 25.3 Å². The molecule has 5 nitrogen and oxygen atoms in total. The molecule has 0 saturated carbocycles. The van der Waals surface area contributed by atoms with Crippen molar-refractivity contribution in [2.24, 2.45) is 5.41 Å². The number of halogens is 1. The molecule has 1 heterocycles. The predicted octanol–water partition coefficient (Wildman–Crippen LogP) is 2.37. The number of benzene rings is 1. The van der Waals surface area contributed by atoms with Crippen molar-refractivity contribution >= 4 is 17.3 Å². The zero-order valence-corrected chi connectivity index (χ0v) is 10.9. The molecule has 0 aliphatic carbocycles. The molecular formula is C12H15ClN2O3. The fraction of sp³-hybridized carbons (Fsp3) is 0.500. The van der Waals surface area contributed by atoms with Gasteiger partial charge >= 0.3 is 0 Å². The van der Waals surface area contributed by atoms with E-state index in [9.17, 15) is 10.1 Å². The first-order valence-corrected chi connectivity index (χ1v) is 6.09. The minimum absolute atomic E-state index is 0.0642. The molecule has 1 aromatic rings. The van der Waals surface area contributed by atoms with Crippen molar-refractivity contribution in [3.63, 3.8) is 0 Å². The van der Waals surface area contributed by atoms with Crippen LogP contribution in [0, 0.1) is 15.5 Å². The highest BCUT2D eigenvalue weighted by Crippen LogP contribution is 2.26. The van der Waals surface area contributed by atoms with Crippen LogP contribution in [0.5, 0.6) is 0 Å². The summed E-state index contributed by atoms with van der Waals surface area (Å²) in [5.74, 6) is 0. The molecule has 0 bridgehead atoms. The zero-order chi connectivity index (χ0) is 13.2. The van der Waals surface area contributed by atoms with Crippen molar-refractivity contribution in [2.75, 3.05) is 19.8 Å². The predicted molar refractivity (Wildman–Crippen MR) is 68.7 cm³/mol. The van der Waals surface area contributed by atoms with E-state index in [1.807, 2.05) is 0 Å². The van der Waals surface area contributed by atoms with Gasteiger partial charge in [-0.05, 0) is 11.6 Å². The van der Waals surface area contributed by atoms with Gasteiger partial charge in [0.25, 0.3) is 5.69 Å². The van der Waals surface area contributed by atoms with E-state index in [1.165, 1.54) is 12.1 Å². The SMILES string of the molecule is CC1(CNCc2cc([N+](=O)[O-])ccc2Cl)COC1. The van der Waals surface area contributed by atoms with Crippen molar-refractivity contribution in [3.05, 3.63) is 38.9 Å². The molecule has 0 spiro atoms. The van der Waals surface area contributed by atoms with Crippen LogP contribution in [0.4, 0.5) is 5.69 Å². The lowest BCUT2D eigenvalue weighted by Gasteiger charge is -2.38. The van der Waals surface area contributed by atoms with Crippen molar-refractivity contribution < 1.29 is 9.66 Å². The molecule has 0 atom stereocenters. The third kappa shape index (κ3) is 2.98. The molecule has 1 saturated heterocycles. The first kappa shape index (κ1) is 13.3. The molecule has 0 radical (unpaired) electrons. The number of non-ortho nitro benzene ring substituents is 1. The van der Waals surface area contributed by atoms with E-state index in [1.54, 1.807) is 6.07 Å². The molecule has 1 aromatic carbocycles. The molecule has 0 unspecified atom stereocenters. The van der Waals surface area contributed by atoms with Gasteiger partial charge in [-0.1, -0.05) is 18.5 Å². The Morgan fingerprint density at radius 2 is 2.28 bits per heavy atom. The summed E-state index contributed by atoms with van der Waals surface area (Å²) in [6, 6.07) is 4.48. The second-order valence-corrected chi connectivity index (χ2v) is 5.35. The Morgan fingerprint density at radius 1 is 1.56 bits per heavy atom. The Morgan fingerprint density at radius 3 is 2.83 bits per heavy atom. The van der Waals surface area contributed by atoms with Crippen molar-refractivity contribution in [1.29, 1.82) is 0 Å². The molecule has 98 valence electrons. The number of nitro groups is 1. The topological polar surface area (TPSA) is 64.4 Å². The summed E-state index contributed by atoms with van der Waals surface area (Å²) in [4.78, 5) is 10.3. The van der Waals surface area contributed by atoms with Gasteiger partial charge in [0.2, 0.25) is 0 Å². The average Bonchev–Trinajstić information content (AvgIpc) is 2.29. The summed E-state index contributed by atoms with van der Waals surface area (Å²) in [7, 11) is 0. The van der Waals surface area contributed by atoms with Gasteiger partial charge in [-0.2, -0.15) is 0 Å². The van der Waals surface area contributed by atoms with E-state index in [4.69, 9.17) is 16.3 Å². The molecule has 0 aromatic heterocycles. The van der Waals surface area contributed by atoms with Crippen molar-refractivity contribution in [1.82, 2.24) is 5.32 Å². The number of hydrogen-bond acceptors (Lipinski definition) is 4. The number of nitro benzene ring substituents is 1. The first-order valence-electron chi connectivity index (χ1n) is 5.71. The van der Waals surface area contributed by atoms with Crippen molar-refractivity contribution in [3.8, 4) is 0 Å². The number of nitrogens with zero attached hydrogens (tertiary/aromatic N) is 1. The van der Waals surface area contributed by atoms with Gasteiger partial charge in [-0.3, -0.25) is 10.1 Å². The molecule has 0 amide bonds. The summed E-state index contributed by atoms with van der Waals surface area (Å²) >= 11 is 6.01. The smallest absolute Gasteiger partial charge is 0.269 e. The Bertz CT molecular complexity index is 461. The normalized spacial score (nSPS) is 17.2. The largest absolute Gasteiger partial charge is 0.380 e. The molecule has 1 fully saturated rings. The molecule has 1 N–H and O–H groups in total. The van der Waals surface area contributed by atoms with E-state index in [0.29, 0.717) is 11.6 Å². The third-order valence-electron chi connectivity index (χ3n) is 3.01. The van der Waals surface area contributed by atoms with Gasteiger partial charge < -0.3 is 10.1 Å². The number of hydrogen-bond donors (Lipinski definition) is 1.